The van der Waals surface area contributed by atoms with Gasteiger partial charge in [0.25, 0.3) is 0 Å². The fourth-order valence-corrected chi connectivity index (χ4v) is 2.36. The molecule has 2 nitrogen and oxygen atoms in total. The van der Waals surface area contributed by atoms with E-state index < -0.39 is 6.61 Å². The van der Waals surface area contributed by atoms with Crippen molar-refractivity contribution in [3.8, 4) is 5.75 Å². The SMILES string of the molecule is CCNC(c1ccc(OC(F)F)cc1)c1cccc(Cl)c1. The Hall–Kier alpha value is -1.65. The van der Waals surface area contributed by atoms with Gasteiger partial charge in [0.1, 0.15) is 5.75 Å². The lowest BCUT2D eigenvalue weighted by Gasteiger charge is -2.19. The Morgan fingerprint density at radius 2 is 1.81 bits per heavy atom. The summed E-state index contributed by atoms with van der Waals surface area (Å²) in [5.41, 5.74) is 1.98. The van der Waals surface area contributed by atoms with Crippen LogP contribution in [0.3, 0.4) is 0 Å². The molecule has 0 saturated carbocycles. The molecule has 2 aromatic carbocycles. The number of hydrogen-bond donors (Lipinski definition) is 1. The third-order valence-electron chi connectivity index (χ3n) is 3.03. The normalized spacial score (nSPS) is 12.4. The minimum absolute atomic E-state index is 0.0469. The molecule has 0 spiro atoms. The summed E-state index contributed by atoms with van der Waals surface area (Å²) in [6, 6.07) is 14.1. The molecule has 1 unspecified atom stereocenters. The van der Waals surface area contributed by atoms with Crippen LogP contribution in [-0.4, -0.2) is 13.2 Å². The number of hydrogen-bond acceptors (Lipinski definition) is 2. The molecule has 112 valence electrons. The highest BCUT2D eigenvalue weighted by Crippen LogP contribution is 2.26. The third kappa shape index (κ3) is 4.41. The van der Waals surface area contributed by atoms with Crippen LogP contribution in [0, 0.1) is 0 Å². The number of nitrogens with one attached hydrogen (secondary N) is 1. The van der Waals surface area contributed by atoms with Crippen molar-refractivity contribution in [1.29, 1.82) is 0 Å². The molecular weight excluding hydrogens is 296 g/mol. The van der Waals surface area contributed by atoms with E-state index in [4.69, 9.17) is 11.6 Å². The number of ether oxygens (including phenoxy) is 1. The van der Waals surface area contributed by atoms with Gasteiger partial charge >= 0.3 is 6.61 Å². The molecule has 1 atom stereocenters. The zero-order valence-electron chi connectivity index (χ0n) is 11.5. The fraction of sp³-hybridized carbons (Fsp3) is 0.250. The van der Waals surface area contributed by atoms with Crippen LogP contribution in [-0.2, 0) is 0 Å². The molecule has 2 aromatic rings. The molecule has 0 fully saturated rings. The van der Waals surface area contributed by atoms with Gasteiger partial charge in [0.05, 0.1) is 6.04 Å². The number of benzene rings is 2. The Kier molecular flexibility index (Phi) is 5.53. The minimum Gasteiger partial charge on any atom is -0.435 e. The van der Waals surface area contributed by atoms with E-state index in [9.17, 15) is 8.78 Å². The first-order valence-electron chi connectivity index (χ1n) is 6.63. The van der Waals surface area contributed by atoms with E-state index in [0.29, 0.717) is 5.02 Å². The van der Waals surface area contributed by atoms with Gasteiger partial charge in [-0.3, -0.25) is 0 Å². The van der Waals surface area contributed by atoms with Crippen molar-refractivity contribution < 1.29 is 13.5 Å². The Balaban J connectivity index is 2.26. The summed E-state index contributed by atoms with van der Waals surface area (Å²) < 4.78 is 28.7. The first kappa shape index (κ1) is 15.7. The first-order valence-corrected chi connectivity index (χ1v) is 7.01. The van der Waals surface area contributed by atoms with Crippen LogP contribution < -0.4 is 10.1 Å². The monoisotopic (exact) mass is 311 g/mol. The van der Waals surface area contributed by atoms with Crippen molar-refractivity contribution in [3.05, 3.63) is 64.7 Å². The molecular formula is C16H16ClF2NO. The second kappa shape index (κ2) is 7.38. The van der Waals surface area contributed by atoms with Crippen molar-refractivity contribution in [2.45, 2.75) is 19.6 Å². The maximum absolute atomic E-state index is 12.2. The van der Waals surface area contributed by atoms with E-state index in [1.165, 1.54) is 12.1 Å². The maximum Gasteiger partial charge on any atom is 0.387 e. The van der Waals surface area contributed by atoms with Crippen LogP contribution in [0.2, 0.25) is 5.02 Å². The zero-order chi connectivity index (χ0) is 15.2. The van der Waals surface area contributed by atoms with E-state index in [1.54, 1.807) is 12.1 Å². The minimum atomic E-state index is -2.81. The van der Waals surface area contributed by atoms with E-state index in [0.717, 1.165) is 17.7 Å². The van der Waals surface area contributed by atoms with Crippen LogP contribution in [0.15, 0.2) is 48.5 Å². The van der Waals surface area contributed by atoms with Crippen LogP contribution in [0.5, 0.6) is 5.75 Å². The molecule has 0 aliphatic heterocycles. The van der Waals surface area contributed by atoms with Crippen molar-refractivity contribution >= 4 is 11.6 Å². The highest BCUT2D eigenvalue weighted by atomic mass is 35.5. The summed E-state index contributed by atoms with van der Waals surface area (Å²) >= 11 is 6.03. The molecule has 0 aliphatic rings. The van der Waals surface area contributed by atoms with Gasteiger partial charge in [-0.2, -0.15) is 8.78 Å². The number of halogens is 3. The molecule has 1 N–H and O–H groups in total. The van der Waals surface area contributed by atoms with E-state index >= 15 is 0 Å². The lowest BCUT2D eigenvalue weighted by Crippen LogP contribution is -2.21. The van der Waals surface area contributed by atoms with Gasteiger partial charge in [-0.25, -0.2) is 0 Å². The summed E-state index contributed by atoms with van der Waals surface area (Å²) in [7, 11) is 0. The van der Waals surface area contributed by atoms with Crippen LogP contribution in [0.1, 0.15) is 24.1 Å². The molecule has 0 aliphatic carbocycles. The smallest absolute Gasteiger partial charge is 0.387 e. The quantitative estimate of drug-likeness (QED) is 0.839. The van der Waals surface area contributed by atoms with Gasteiger partial charge < -0.3 is 10.1 Å². The molecule has 0 heterocycles. The Labute approximate surface area is 127 Å². The van der Waals surface area contributed by atoms with Crippen molar-refractivity contribution in [1.82, 2.24) is 5.32 Å². The Morgan fingerprint density at radius 3 is 2.38 bits per heavy atom. The summed E-state index contributed by atoms with van der Waals surface area (Å²) in [6.07, 6.45) is 0. The molecule has 21 heavy (non-hydrogen) atoms. The lowest BCUT2D eigenvalue weighted by molar-refractivity contribution is -0.0498. The molecule has 5 heteroatoms. The Morgan fingerprint density at radius 1 is 1.10 bits per heavy atom. The van der Waals surface area contributed by atoms with Crippen LogP contribution >= 0.6 is 11.6 Å². The lowest BCUT2D eigenvalue weighted by atomic mass is 9.98. The van der Waals surface area contributed by atoms with Crippen LogP contribution in [0.25, 0.3) is 0 Å². The average molecular weight is 312 g/mol. The van der Waals surface area contributed by atoms with Gasteiger partial charge in [0, 0.05) is 5.02 Å². The zero-order valence-corrected chi connectivity index (χ0v) is 12.3. The highest BCUT2D eigenvalue weighted by molar-refractivity contribution is 6.30. The van der Waals surface area contributed by atoms with Crippen molar-refractivity contribution in [2.24, 2.45) is 0 Å². The third-order valence-corrected chi connectivity index (χ3v) is 3.26. The largest absolute Gasteiger partial charge is 0.435 e. The van der Waals surface area contributed by atoms with Gasteiger partial charge in [0.15, 0.2) is 0 Å². The summed E-state index contributed by atoms with van der Waals surface area (Å²) in [5.74, 6) is 0.148. The molecule has 0 radical (unpaired) electrons. The summed E-state index contributed by atoms with van der Waals surface area (Å²) in [5, 5.41) is 4.02. The maximum atomic E-state index is 12.2. The predicted molar refractivity (Wildman–Crippen MR) is 80.0 cm³/mol. The van der Waals surface area contributed by atoms with Crippen molar-refractivity contribution in [3.63, 3.8) is 0 Å². The molecule has 0 aromatic heterocycles. The fourth-order valence-electron chi connectivity index (χ4n) is 2.16. The first-order chi connectivity index (χ1) is 10.1. The van der Waals surface area contributed by atoms with E-state index in [1.807, 2.05) is 31.2 Å². The second-order valence-corrected chi connectivity index (χ2v) is 4.93. The van der Waals surface area contributed by atoms with Crippen LogP contribution in [0.4, 0.5) is 8.78 Å². The van der Waals surface area contributed by atoms with Gasteiger partial charge in [0.2, 0.25) is 0 Å². The summed E-state index contributed by atoms with van der Waals surface area (Å²) in [6.45, 7) is -0.0356. The second-order valence-electron chi connectivity index (χ2n) is 4.49. The van der Waals surface area contributed by atoms with Gasteiger partial charge in [-0.15, -0.1) is 0 Å². The topological polar surface area (TPSA) is 21.3 Å². The standard InChI is InChI=1S/C16H16ClF2NO/c1-2-20-15(12-4-3-5-13(17)10-12)11-6-8-14(9-7-11)21-16(18)19/h3-10,15-16,20H,2H2,1H3. The number of alkyl halides is 2. The molecule has 2 rings (SSSR count). The average Bonchev–Trinajstić information content (AvgIpc) is 2.45. The Bertz CT molecular complexity index is 575. The number of rotatable bonds is 6. The van der Waals surface area contributed by atoms with E-state index in [-0.39, 0.29) is 11.8 Å². The highest BCUT2D eigenvalue weighted by Gasteiger charge is 2.14. The van der Waals surface area contributed by atoms with E-state index in [2.05, 4.69) is 10.1 Å². The predicted octanol–water partition coefficient (Wildman–Crippen LogP) is 4.64. The molecule has 0 bridgehead atoms. The summed E-state index contributed by atoms with van der Waals surface area (Å²) in [4.78, 5) is 0. The molecule has 0 saturated heterocycles. The molecule has 0 amide bonds. The van der Waals surface area contributed by atoms with Gasteiger partial charge in [-0.1, -0.05) is 42.8 Å². The van der Waals surface area contributed by atoms with Gasteiger partial charge in [-0.05, 0) is 41.9 Å². The van der Waals surface area contributed by atoms with Crippen molar-refractivity contribution in [2.75, 3.05) is 6.54 Å².